The van der Waals surface area contributed by atoms with E-state index >= 15 is 0 Å². The standard InChI is InChI=1S/C18H18O2/c19-18-12-5-4-7-13-10-6-11-15(16(13)18)20-17(18)14-8-2-1-3-9-14/h1-3,6,8-11,17,19H,4-5,7,12H2. The van der Waals surface area contributed by atoms with Crippen molar-refractivity contribution in [2.24, 2.45) is 0 Å². The first kappa shape index (κ1) is 12.0. The van der Waals surface area contributed by atoms with E-state index in [-0.39, 0.29) is 6.10 Å². The van der Waals surface area contributed by atoms with Gasteiger partial charge in [0.1, 0.15) is 11.4 Å². The van der Waals surface area contributed by atoms with E-state index in [0.717, 1.165) is 42.6 Å². The van der Waals surface area contributed by atoms with E-state index in [1.54, 1.807) is 0 Å². The maximum Gasteiger partial charge on any atom is 0.157 e. The Balaban J connectivity index is 1.89. The van der Waals surface area contributed by atoms with E-state index in [4.69, 9.17) is 4.74 Å². The molecule has 0 spiro atoms. The van der Waals surface area contributed by atoms with Crippen LogP contribution in [0.25, 0.3) is 0 Å². The minimum atomic E-state index is -0.871. The van der Waals surface area contributed by atoms with Crippen molar-refractivity contribution in [2.45, 2.75) is 37.4 Å². The molecule has 1 aliphatic heterocycles. The van der Waals surface area contributed by atoms with Gasteiger partial charge in [0.2, 0.25) is 0 Å². The number of hydrogen-bond donors (Lipinski definition) is 1. The van der Waals surface area contributed by atoms with Gasteiger partial charge >= 0.3 is 0 Å². The molecule has 0 saturated heterocycles. The molecular weight excluding hydrogens is 248 g/mol. The van der Waals surface area contributed by atoms with Crippen molar-refractivity contribution in [2.75, 3.05) is 0 Å². The number of aliphatic hydroxyl groups is 1. The third kappa shape index (κ3) is 1.61. The zero-order valence-electron chi connectivity index (χ0n) is 11.4. The highest BCUT2D eigenvalue weighted by Gasteiger charge is 2.49. The average molecular weight is 266 g/mol. The van der Waals surface area contributed by atoms with Crippen molar-refractivity contribution in [3.8, 4) is 5.75 Å². The second-order valence-corrected chi connectivity index (χ2v) is 5.83. The highest BCUT2D eigenvalue weighted by molar-refractivity contribution is 5.50. The van der Waals surface area contributed by atoms with Crippen LogP contribution in [-0.4, -0.2) is 5.11 Å². The van der Waals surface area contributed by atoms with E-state index in [1.807, 2.05) is 42.5 Å². The molecule has 1 aliphatic carbocycles. The van der Waals surface area contributed by atoms with Crippen molar-refractivity contribution in [3.63, 3.8) is 0 Å². The van der Waals surface area contributed by atoms with Crippen LogP contribution in [0.5, 0.6) is 5.75 Å². The third-order valence-electron chi connectivity index (χ3n) is 4.58. The van der Waals surface area contributed by atoms with E-state index in [9.17, 15) is 5.11 Å². The van der Waals surface area contributed by atoms with Gasteiger partial charge in [0.05, 0.1) is 0 Å². The molecule has 0 aromatic heterocycles. The Morgan fingerprint density at radius 2 is 1.85 bits per heavy atom. The summed E-state index contributed by atoms with van der Waals surface area (Å²) in [5, 5.41) is 11.4. The zero-order chi connectivity index (χ0) is 13.6. The molecule has 0 bridgehead atoms. The lowest BCUT2D eigenvalue weighted by atomic mass is 9.82. The van der Waals surface area contributed by atoms with Crippen molar-refractivity contribution in [1.29, 1.82) is 0 Å². The number of rotatable bonds is 1. The number of benzene rings is 2. The highest BCUT2D eigenvalue weighted by atomic mass is 16.5. The Bertz CT molecular complexity index is 635. The number of ether oxygens (including phenoxy) is 1. The second kappa shape index (κ2) is 4.35. The van der Waals surface area contributed by atoms with Crippen LogP contribution < -0.4 is 4.74 Å². The van der Waals surface area contributed by atoms with Crippen molar-refractivity contribution in [1.82, 2.24) is 0 Å². The molecule has 2 aromatic carbocycles. The maximum atomic E-state index is 11.4. The fourth-order valence-electron chi connectivity index (χ4n) is 3.67. The topological polar surface area (TPSA) is 29.5 Å². The van der Waals surface area contributed by atoms with Crippen LogP contribution in [0, 0.1) is 0 Å². The second-order valence-electron chi connectivity index (χ2n) is 5.83. The largest absolute Gasteiger partial charge is 0.482 e. The molecule has 4 rings (SSSR count). The van der Waals surface area contributed by atoms with Gasteiger partial charge in [-0.05, 0) is 42.9 Å². The monoisotopic (exact) mass is 266 g/mol. The van der Waals surface area contributed by atoms with Crippen LogP contribution in [-0.2, 0) is 12.0 Å². The molecule has 2 nitrogen and oxygen atoms in total. The Labute approximate surface area is 119 Å². The van der Waals surface area contributed by atoms with Gasteiger partial charge in [0.15, 0.2) is 6.10 Å². The molecule has 1 heterocycles. The lowest BCUT2D eigenvalue weighted by Crippen LogP contribution is -2.31. The molecule has 2 unspecified atom stereocenters. The predicted molar refractivity (Wildman–Crippen MR) is 77.7 cm³/mol. The molecule has 0 fully saturated rings. The highest BCUT2D eigenvalue weighted by Crippen LogP contribution is 2.54. The molecule has 0 saturated carbocycles. The molecule has 0 amide bonds. The van der Waals surface area contributed by atoms with Crippen molar-refractivity contribution < 1.29 is 9.84 Å². The van der Waals surface area contributed by atoms with E-state index in [1.165, 1.54) is 5.56 Å². The maximum absolute atomic E-state index is 11.4. The van der Waals surface area contributed by atoms with Crippen LogP contribution in [0.4, 0.5) is 0 Å². The van der Waals surface area contributed by atoms with Crippen LogP contribution in [0.15, 0.2) is 48.5 Å². The minimum Gasteiger partial charge on any atom is -0.482 e. The molecular formula is C18H18O2. The molecule has 2 aliphatic rings. The summed E-state index contributed by atoms with van der Waals surface area (Å²) in [6.45, 7) is 0. The van der Waals surface area contributed by atoms with Crippen molar-refractivity contribution in [3.05, 3.63) is 65.2 Å². The quantitative estimate of drug-likeness (QED) is 0.852. The smallest absolute Gasteiger partial charge is 0.157 e. The first-order valence-corrected chi connectivity index (χ1v) is 7.35. The lowest BCUT2D eigenvalue weighted by molar-refractivity contribution is -0.0489. The summed E-state index contributed by atoms with van der Waals surface area (Å²) in [7, 11) is 0. The summed E-state index contributed by atoms with van der Waals surface area (Å²) in [5.74, 6) is 0.862. The minimum absolute atomic E-state index is 0.280. The summed E-state index contributed by atoms with van der Waals surface area (Å²) < 4.78 is 6.13. The van der Waals surface area contributed by atoms with E-state index in [2.05, 4.69) is 6.07 Å². The Kier molecular flexibility index (Phi) is 2.61. The van der Waals surface area contributed by atoms with Crippen LogP contribution in [0.1, 0.15) is 42.1 Å². The Hall–Kier alpha value is -1.80. The average Bonchev–Trinajstić information content (AvgIpc) is 2.67. The van der Waals surface area contributed by atoms with Gasteiger partial charge < -0.3 is 9.84 Å². The fourth-order valence-corrected chi connectivity index (χ4v) is 3.67. The summed E-state index contributed by atoms with van der Waals surface area (Å²) in [6, 6.07) is 16.2. The van der Waals surface area contributed by atoms with E-state index < -0.39 is 5.60 Å². The first-order valence-electron chi connectivity index (χ1n) is 7.35. The normalized spacial score (nSPS) is 27.6. The first-order chi connectivity index (χ1) is 9.79. The SMILES string of the molecule is OC12CCCCc3cccc(c31)OC2c1ccccc1. The number of aryl methyl sites for hydroxylation is 1. The Morgan fingerprint density at radius 1 is 1.00 bits per heavy atom. The fraction of sp³-hybridized carbons (Fsp3) is 0.333. The van der Waals surface area contributed by atoms with Gasteiger partial charge in [0, 0.05) is 5.56 Å². The molecule has 0 radical (unpaired) electrons. The van der Waals surface area contributed by atoms with Gasteiger partial charge in [-0.15, -0.1) is 0 Å². The molecule has 1 N–H and O–H groups in total. The van der Waals surface area contributed by atoms with Gasteiger partial charge in [-0.1, -0.05) is 42.5 Å². The molecule has 102 valence electrons. The third-order valence-corrected chi connectivity index (χ3v) is 4.58. The predicted octanol–water partition coefficient (Wildman–Crippen LogP) is 3.73. The summed E-state index contributed by atoms with van der Waals surface area (Å²) in [4.78, 5) is 0. The Morgan fingerprint density at radius 3 is 2.70 bits per heavy atom. The number of hydrogen-bond acceptors (Lipinski definition) is 2. The lowest BCUT2D eigenvalue weighted by Gasteiger charge is -2.29. The summed E-state index contributed by atoms with van der Waals surface area (Å²) in [6.07, 6.45) is 3.71. The van der Waals surface area contributed by atoms with Gasteiger partial charge in [-0.3, -0.25) is 0 Å². The van der Waals surface area contributed by atoms with Crippen LogP contribution in [0.2, 0.25) is 0 Å². The summed E-state index contributed by atoms with van der Waals surface area (Å²) in [5.41, 5.74) is 2.47. The molecule has 2 aromatic rings. The zero-order valence-corrected chi connectivity index (χ0v) is 11.4. The van der Waals surface area contributed by atoms with Gasteiger partial charge in [0.25, 0.3) is 0 Å². The van der Waals surface area contributed by atoms with Crippen LogP contribution in [0.3, 0.4) is 0 Å². The van der Waals surface area contributed by atoms with Crippen molar-refractivity contribution >= 4 is 0 Å². The molecule has 2 atom stereocenters. The van der Waals surface area contributed by atoms with Gasteiger partial charge in [-0.25, -0.2) is 0 Å². The van der Waals surface area contributed by atoms with Crippen LogP contribution >= 0.6 is 0 Å². The van der Waals surface area contributed by atoms with Gasteiger partial charge in [-0.2, -0.15) is 0 Å². The summed E-state index contributed by atoms with van der Waals surface area (Å²) >= 11 is 0. The molecule has 20 heavy (non-hydrogen) atoms. The molecule has 2 heteroatoms. The van der Waals surface area contributed by atoms with E-state index in [0.29, 0.717) is 0 Å².